The lowest BCUT2D eigenvalue weighted by molar-refractivity contribution is -0.129. The number of thioether (sulfide) groups is 1. The lowest BCUT2D eigenvalue weighted by Crippen LogP contribution is -2.34. The second-order valence-corrected chi connectivity index (χ2v) is 8.64. The predicted molar refractivity (Wildman–Crippen MR) is 107 cm³/mol. The number of carbonyl (C=O) groups excluding carboxylic acids is 1. The molecule has 1 aromatic carbocycles. The first-order valence-electron chi connectivity index (χ1n) is 8.94. The molecule has 0 saturated heterocycles. The lowest BCUT2D eigenvalue weighted by atomic mass is 10.2. The van der Waals surface area contributed by atoms with Gasteiger partial charge in [0.25, 0.3) is 0 Å². The largest absolute Gasteiger partial charge is 0.467 e. The van der Waals surface area contributed by atoms with Crippen LogP contribution in [0.4, 0.5) is 9.52 Å². The van der Waals surface area contributed by atoms with E-state index in [9.17, 15) is 9.18 Å². The summed E-state index contributed by atoms with van der Waals surface area (Å²) >= 11 is 2.75. The summed E-state index contributed by atoms with van der Waals surface area (Å²) in [5, 5.41) is 12.0. The Labute approximate surface area is 170 Å². The van der Waals surface area contributed by atoms with E-state index in [0.29, 0.717) is 23.8 Å². The molecule has 1 fully saturated rings. The zero-order chi connectivity index (χ0) is 19.3. The van der Waals surface area contributed by atoms with Gasteiger partial charge in [-0.05, 0) is 31.0 Å². The zero-order valence-electron chi connectivity index (χ0n) is 15.0. The molecule has 4 rings (SSSR count). The number of halogens is 1. The molecule has 0 unspecified atom stereocenters. The van der Waals surface area contributed by atoms with Crippen LogP contribution in [0, 0.1) is 5.82 Å². The van der Waals surface area contributed by atoms with Gasteiger partial charge in [-0.2, -0.15) is 0 Å². The zero-order valence-corrected chi connectivity index (χ0v) is 16.6. The number of anilines is 1. The van der Waals surface area contributed by atoms with E-state index in [2.05, 4.69) is 15.5 Å². The topological polar surface area (TPSA) is 71.3 Å². The summed E-state index contributed by atoms with van der Waals surface area (Å²) in [6.07, 6.45) is 3.58. The van der Waals surface area contributed by atoms with Gasteiger partial charge in [0.05, 0.1) is 18.6 Å². The molecule has 9 heteroatoms. The highest BCUT2D eigenvalue weighted by molar-refractivity contribution is 8.01. The summed E-state index contributed by atoms with van der Waals surface area (Å²) in [5.41, 5.74) is 0.549. The van der Waals surface area contributed by atoms with Crippen molar-refractivity contribution in [3.8, 4) is 0 Å². The Kier molecular flexibility index (Phi) is 5.92. The fraction of sp³-hybridized carbons (Fsp3) is 0.316. The first-order valence-corrected chi connectivity index (χ1v) is 10.7. The van der Waals surface area contributed by atoms with Crippen molar-refractivity contribution in [1.29, 1.82) is 0 Å². The van der Waals surface area contributed by atoms with Crippen molar-refractivity contribution in [3.63, 3.8) is 0 Å². The van der Waals surface area contributed by atoms with Crippen LogP contribution < -0.4 is 5.32 Å². The average Bonchev–Trinajstić information content (AvgIpc) is 3.21. The maximum atomic E-state index is 14.0. The van der Waals surface area contributed by atoms with Gasteiger partial charge in [0.1, 0.15) is 11.6 Å². The van der Waals surface area contributed by atoms with E-state index in [1.165, 1.54) is 29.2 Å². The highest BCUT2D eigenvalue weighted by Crippen LogP contribution is 2.31. The van der Waals surface area contributed by atoms with Gasteiger partial charge in [-0.1, -0.05) is 41.3 Å². The fourth-order valence-corrected chi connectivity index (χ4v) is 4.37. The van der Waals surface area contributed by atoms with Crippen LogP contribution in [0.2, 0.25) is 0 Å². The molecule has 0 atom stereocenters. The van der Waals surface area contributed by atoms with Gasteiger partial charge in [-0.3, -0.25) is 4.79 Å². The van der Waals surface area contributed by atoms with E-state index < -0.39 is 0 Å². The summed E-state index contributed by atoms with van der Waals surface area (Å²) in [6, 6.07) is 10.5. The number of hydrogen-bond acceptors (Lipinski definition) is 7. The molecule has 0 spiro atoms. The van der Waals surface area contributed by atoms with Crippen LogP contribution in [-0.4, -0.2) is 32.8 Å². The number of carbonyl (C=O) groups is 1. The molecular weight excluding hydrogens is 399 g/mol. The summed E-state index contributed by atoms with van der Waals surface area (Å²) in [5.74, 6) is 0.798. The van der Waals surface area contributed by atoms with Crippen molar-refractivity contribution >= 4 is 34.1 Å². The molecule has 1 aliphatic carbocycles. The number of hydrogen-bond donors (Lipinski definition) is 1. The number of furan rings is 1. The number of nitrogens with zero attached hydrogens (tertiary/aromatic N) is 3. The third kappa shape index (κ3) is 4.90. The Bertz CT molecular complexity index is 928. The van der Waals surface area contributed by atoms with Gasteiger partial charge >= 0.3 is 0 Å². The van der Waals surface area contributed by atoms with Crippen LogP contribution in [0.5, 0.6) is 0 Å². The van der Waals surface area contributed by atoms with Crippen molar-refractivity contribution in [3.05, 3.63) is 59.8 Å². The maximum absolute atomic E-state index is 14.0. The molecule has 3 aromatic rings. The van der Waals surface area contributed by atoms with Crippen molar-refractivity contribution < 1.29 is 13.6 Å². The van der Waals surface area contributed by atoms with Crippen LogP contribution in [0.3, 0.4) is 0 Å². The molecular formula is C19H19FN4O2S2. The number of aromatic nitrogens is 2. The molecule has 28 heavy (non-hydrogen) atoms. The SMILES string of the molecule is O=C(CSc1nnc(NCc2ccco2)s1)N(Cc1ccccc1F)C1CC1. The standard InChI is InChI=1S/C19H19FN4O2S2/c20-16-6-2-1-4-13(16)11-24(14-7-8-14)17(25)12-27-19-23-22-18(28-19)21-10-15-5-3-9-26-15/h1-6,9,14H,7-8,10-12H2,(H,21,22). The first-order chi connectivity index (χ1) is 13.7. The maximum Gasteiger partial charge on any atom is 0.233 e. The van der Waals surface area contributed by atoms with Gasteiger partial charge in [0.2, 0.25) is 11.0 Å². The third-order valence-corrected chi connectivity index (χ3v) is 6.33. The normalized spacial score (nSPS) is 13.5. The Morgan fingerprint density at radius 2 is 2.14 bits per heavy atom. The van der Waals surface area contributed by atoms with Gasteiger partial charge in [0, 0.05) is 18.2 Å². The first kappa shape index (κ1) is 18.9. The van der Waals surface area contributed by atoms with Crippen LogP contribution in [-0.2, 0) is 17.9 Å². The summed E-state index contributed by atoms with van der Waals surface area (Å²) in [7, 11) is 0. The highest BCUT2D eigenvalue weighted by Gasteiger charge is 2.33. The Balaban J connectivity index is 1.31. The van der Waals surface area contributed by atoms with Gasteiger partial charge < -0.3 is 14.6 Å². The minimum Gasteiger partial charge on any atom is -0.467 e. The predicted octanol–water partition coefficient (Wildman–Crippen LogP) is 4.17. The highest BCUT2D eigenvalue weighted by atomic mass is 32.2. The minimum absolute atomic E-state index is 0.00366. The van der Waals surface area contributed by atoms with Gasteiger partial charge in [-0.25, -0.2) is 4.39 Å². The summed E-state index contributed by atoms with van der Waals surface area (Å²) in [6.45, 7) is 0.839. The van der Waals surface area contributed by atoms with Gasteiger partial charge in [0.15, 0.2) is 4.34 Å². The summed E-state index contributed by atoms with van der Waals surface area (Å²) < 4.78 is 19.9. The van der Waals surface area contributed by atoms with E-state index in [-0.39, 0.29) is 23.5 Å². The van der Waals surface area contributed by atoms with Crippen LogP contribution >= 0.6 is 23.1 Å². The van der Waals surface area contributed by atoms with Crippen molar-refractivity contribution in [2.45, 2.75) is 36.3 Å². The molecule has 146 valence electrons. The number of amides is 1. The second kappa shape index (κ2) is 8.74. The van der Waals surface area contributed by atoms with Gasteiger partial charge in [-0.15, -0.1) is 10.2 Å². The number of rotatable bonds is 9. The Morgan fingerprint density at radius 3 is 2.89 bits per heavy atom. The molecule has 0 bridgehead atoms. The van der Waals surface area contributed by atoms with E-state index >= 15 is 0 Å². The molecule has 1 amide bonds. The average molecular weight is 419 g/mol. The molecule has 1 N–H and O–H groups in total. The minimum atomic E-state index is -0.273. The lowest BCUT2D eigenvalue weighted by Gasteiger charge is -2.22. The fourth-order valence-electron chi connectivity index (χ4n) is 2.74. The summed E-state index contributed by atoms with van der Waals surface area (Å²) in [4.78, 5) is 14.5. The van der Waals surface area contributed by atoms with E-state index in [1.807, 2.05) is 12.1 Å². The Morgan fingerprint density at radius 1 is 1.29 bits per heavy atom. The van der Waals surface area contributed by atoms with Crippen molar-refractivity contribution in [1.82, 2.24) is 15.1 Å². The van der Waals surface area contributed by atoms with Crippen molar-refractivity contribution in [2.75, 3.05) is 11.1 Å². The molecule has 0 aliphatic heterocycles. The number of benzene rings is 1. The quantitative estimate of drug-likeness (QED) is 0.526. The van der Waals surface area contributed by atoms with Crippen LogP contribution in [0.15, 0.2) is 51.4 Å². The monoisotopic (exact) mass is 418 g/mol. The van der Waals surface area contributed by atoms with Crippen molar-refractivity contribution in [2.24, 2.45) is 0 Å². The van der Waals surface area contributed by atoms with E-state index in [4.69, 9.17) is 4.42 Å². The third-order valence-electron chi connectivity index (χ3n) is 4.33. The van der Waals surface area contributed by atoms with Crippen LogP contribution in [0.25, 0.3) is 0 Å². The van der Waals surface area contributed by atoms with E-state index in [1.54, 1.807) is 29.4 Å². The molecule has 1 aliphatic rings. The Hall–Kier alpha value is -2.39. The molecule has 2 heterocycles. The molecule has 1 saturated carbocycles. The smallest absolute Gasteiger partial charge is 0.233 e. The number of nitrogens with one attached hydrogen (secondary N) is 1. The molecule has 6 nitrogen and oxygen atoms in total. The van der Waals surface area contributed by atoms with Crippen LogP contribution in [0.1, 0.15) is 24.2 Å². The second-order valence-electron chi connectivity index (χ2n) is 6.44. The molecule has 2 aromatic heterocycles. The molecule has 0 radical (unpaired) electrons. The van der Waals surface area contributed by atoms with E-state index in [0.717, 1.165) is 22.9 Å².